The van der Waals surface area contributed by atoms with Crippen LogP contribution in [0.4, 0.5) is 0 Å². The Kier molecular flexibility index (Phi) is 4.89. The van der Waals surface area contributed by atoms with E-state index in [9.17, 15) is 19.8 Å². The number of thiophene rings is 1. The lowest BCUT2D eigenvalue weighted by molar-refractivity contribution is 0.0702. The lowest BCUT2D eigenvalue weighted by atomic mass is 10.1. The van der Waals surface area contributed by atoms with E-state index in [2.05, 4.69) is 0 Å². The minimum atomic E-state index is -1.02. The van der Waals surface area contributed by atoms with Crippen molar-refractivity contribution < 1.29 is 24.5 Å². The van der Waals surface area contributed by atoms with E-state index in [0.717, 1.165) is 16.0 Å². The van der Waals surface area contributed by atoms with Crippen molar-refractivity contribution in [1.29, 1.82) is 0 Å². The van der Waals surface area contributed by atoms with E-state index >= 15 is 0 Å². The topological polar surface area (TPSA) is 115 Å². The number of nitrogens with two attached hydrogens (primary N) is 1. The summed E-state index contributed by atoms with van der Waals surface area (Å²) in [4.78, 5) is 23.3. The molecular formula is C21H15ClN2O5S. The van der Waals surface area contributed by atoms with E-state index in [0.29, 0.717) is 33.2 Å². The zero-order valence-electron chi connectivity index (χ0n) is 15.5. The summed E-state index contributed by atoms with van der Waals surface area (Å²) in [5.74, 6) is -1.32. The van der Waals surface area contributed by atoms with Crippen LogP contribution in [0.2, 0.25) is 5.02 Å². The van der Waals surface area contributed by atoms with E-state index in [4.69, 9.17) is 22.1 Å². The second-order valence-electron chi connectivity index (χ2n) is 6.44. The van der Waals surface area contributed by atoms with Crippen molar-refractivity contribution in [1.82, 2.24) is 4.57 Å². The van der Waals surface area contributed by atoms with Crippen LogP contribution in [-0.2, 0) is 0 Å². The largest absolute Gasteiger partial charge is 0.508 e. The van der Waals surface area contributed by atoms with Gasteiger partial charge in [0.05, 0.1) is 33.6 Å². The molecule has 4 aromatic rings. The van der Waals surface area contributed by atoms with Crippen LogP contribution in [0.25, 0.3) is 27.2 Å². The molecule has 0 atom stereocenters. The highest BCUT2D eigenvalue weighted by molar-refractivity contribution is 7.20. The maximum Gasteiger partial charge on any atom is 0.345 e. The Hall–Kier alpha value is -3.49. The number of primary amides is 1. The van der Waals surface area contributed by atoms with Gasteiger partial charge in [0.1, 0.15) is 16.4 Å². The second kappa shape index (κ2) is 7.40. The molecule has 4 N–H and O–H groups in total. The molecule has 0 spiro atoms. The van der Waals surface area contributed by atoms with Crippen LogP contribution >= 0.6 is 22.9 Å². The van der Waals surface area contributed by atoms with Crippen molar-refractivity contribution in [3.05, 3.63) is 64.0 Å². The fourth-order valence-electron chi connectivity index (χ4n) is 3.31. The number of carboxylic acids is 1. The number of methoxy groups -OCH3 is 1. The highest BCUT2D eigenvalue weighted by Gasteiger charge is 2.20. The molecule has 4 rings (SSSR count). The quantitative estimate of drug-likeness (QED) is 0.420. The van der Waals surface area contributed by atoms with Crippen molar-refractivity contribution in [3.63, 3.8) is 0 Å². The first-order valence-corrected chi connectivity index (χ1v) is 9.85. The fourth-order valence-corrected chi connectivity index (χ4v) is 4.50. The molecule has 1 amide bonds. The standard InChI is InChI=1S/C21H15ClN2O5S/c1-29-17-6-10(2-4-13(17)20(23)26)24-15(12-5-3-11(25)7-14(12)22)8-18-16(24)9-19(30-18)21(27)28/h2-9,25H,1H3,(H2,23,26)(H,27,28). The fraction of sp³-hybridized carbons (Fsp3) is 0.0476. The third-order valence-corrected chi connectivity index (χ3v) is 6.01. The number of aromatic hydroxyl groups is 1. The van der Waals surface area contributed by atoms with E-state index in [1.165, 1.54) is 19.2 Å². The molecule has 2 aromatic carbocycles. The van der Waals surface area contributed by atoms with Gasteiger partial charge in [0.25, 0.3) is 5.91 Å². The lowest BCUT2D eigenvalue weighted by Crippen LogP contribution is -2.12. The number of fused-ring (bicyclic) bond motifs is 1. The number of hydrogen-bond acceptors (Lipinski definition) is 5. The molecular weight excluding hydrogens is 428 g/mol. The number of carbonyl (C=O) groups excluding carboxylic acids is 1. The molecule has 0 aliphatic rings. The van der Waals surface area contributed by atoms with Crippen LogP contribution in [0, 0.1) is 0 Å². The molecule has 0 aliphatic heterocycles. The minimum Gasteiger partial charge on any atom is -0.508 e. The predicted octanol–water partition coefficient (Wildman–Crippen LogP) is 4.52. The van der Waals surface area contributed by atoms with Crippen molar-refractivity contribution in [2.45, 2.75) is 0 Å². The molecule has 0 saturated carbocycles. The number of aromatic carboxylic acids is 1. The average molecular weight is 443 g/mol. The number of carbonyl (C=O) groups is 2. The minimum absolute atomic E-state index is 0.0318. The number of phenols is 1. The Bertz CT molecular complexity index is 1320. The first-order valence-electron chi connectivity index (χ1n) is 8.66. The molecule has 30 heavy (non-hydrogen) atoms. The van der Waals surface area contributed by atoms with Crippen LogP contribution in [0.1, 0.15) is 20.0 Å². The zero-order valence-corrected chi connectivity index (χ0v) is 17.1. The van der Waals surface area contributed by atoms with Gasteiger partial charge in [0.15, 0.2) is 0 Å². The number of halogens is 1. The number of carboxylic acid groups (broad SMARTS) is 1. The van der Waals surface area contributed by atoms with E-state index in [1.807, 2.05) is 10.6 Å². The summed E-state index contributed by atoms with van der Waals surface area (Å²) in [5.41, 5.74) is 8.25. The van der Waals surface area contributed by atoms with Gasteiger partial charge in [-0.3, -0.25) is 4.79 Å². The van der Waals surface area contributed by atoms with Gasteiger partial charge < -0.3 is 25.3 Å². The number of phenolic OH excluding ortho intramolecular Hbond substituents is 1. The van der Waals surface area contributed by atoms with Crippen molar-refractivity contribution in [2.75, 3.05) is 7.11 Å². The predicted molar refractivity (Wildman–Crippen MR) is 115 cm³/mol. The monoisotopic (exact) mass is 442 g/mol. The van der Waals surface area contributed by atoms with E-state index in [-0.39, 0.29) is 16.2 Å². The summed E-state index contributed by atoms with van der Waals surface area (Å²) in [6, 6.07) is 12.9. The van der Waals surface area contributed by atoms with Gasteiger partial charge >= 0.3 is 5.97 Å². The molecule has 9 heteroatoms. The molecule has 0 fully saturated rings. The number of ether oxygens (including phenoxy) is 1. The van der Waals surface area contributed by atoms with Gasteiger partial charge in [0.2, 0.25) is 0 Å². The first-order chi connectivity index (χ1) is 14.3. The van der Waals surface area contributed by atoms with Crippen LogP contribution in [-0.4, -0.2) is 33.8 Å². The Morgan fingerprint density at radius 1 is 1.13 bits per heavy atom. The number of aromatic nitrogens is 1. The lowest BCUT2D eigenvalue weighted by Gasteiger charge is -2.14. The van der Waals surface area contributed by atoms with E-state index < -0.39 is 11.9 Å². The number of rotatable bonds is 5. The normalized spacial score (nSPS) is 11.0. The van der Waals surface area contributed by atoms with Crippen molar-refractivity contribution in [3.8, 4) is 28.4 Å². The summed E-state index contributed by atoms with van der Waals surface area (Å²) < 4.78 is 7.88. The molecule has 152 valence electrons. The first kappa shape index (κ1) is 19.8. The summed E-state index contributed by atoms with van der Waals surface area (Å²) >= 11 is 7.51. The molecule has 7 nitrogen and oxygen atoms in total. The maximum atomic E-state index is 11.7. The van der Waals surface area contributed by atoms with Crippen LogP contribution < -0.4 is 10.5 Å². The van der Waals surface area contributed by atoms with Crippen LogP contribution in [0.3, 0.4) is 0 Å². The summed E-state index contributed by atoms with van der Waals surface area (Å²) in [6.07, 6.45) is 0. The van der Waals surface area contributed by atoms with Gasteiger partial charge in [-0.25, -0.2) is 4.79 Å². The van der Waals surface area contributed by atoms with Gasteiger partial charge in [-0.1, -0.05) is 11.6 Å². The molecule has 0 radical (unpaired) electrons. The Labute approximate surface area is 179 Å². The van der Waals surface area contributed by atoms with Crippen molar-refractivity contribution in [2.24, 2.45) is 5.73 Å². The van der Waals surface area contributed by atoms with Crippen LogP contribution in [0.15, 0.2) is 48.5 Å². The van der Waals surface area contributed by atoms with Gasteiger partial charge in [-0.15, -0.1) is 11.3 Å². The van der Waals surface area contributed by atoms with Gasteiger partial charge in [0, 0.05) is 17.3 Å². The van der Waals surface area contributed by atoms with E-state index in [1.54, 1.807) is 30.3 Å². The molecule has 0 saturated heterocycles. The smallest absolute Gasteiger partial charge is 0.345 e. The van der Waals surface area contributed by atoms with Gasteiger partial charge in [-0.2, -0.15) is 0 Å². The summed E-state index contributed by atoms with van der Waals surface area (Å²) in [7, 11) is 1.43. The summed E-state index contributed by atoms with van der Waals surface area (Å²) in [6.45, 7) is 0. The number of nitrogens with zero attached hydrogens (tertiary/aromatic N) is 1. The third-order valence-electron chi connectivity index (χ3n) is 4.64. The van der Waals surface area contributed by atoms with Crippen molar-refractivity contribution >= 4 is 45.0 Å². The van der Waals surface area contributed by atoms with Gasteiger partial charge in [-0.05, 0) is 42.5 Å². The average Bonchev–Trinajstić information content (AvgIpc) is 3.25. The SMILES string of the molecule is COc1cc(-n2c(-c3ccc(O)cc3Cl)cc3sc(C(=O)O)cc32)ccc1C(N)=O. The molecule has 0 unspecified atom stereocenters. The Balaban J connectivity index is 2.03. The third kappa shape index (κ3) is 3.26. The van der Waals surface area contributed by atoms with Crippen LogP contribution in [0.5, 0.6) is 11.5 Å². The molecule has 0 aliphatic carbocycles. The number of benzene rings is 2. The second-order valence-corrected chi connectivity index (χ2v) is 7.93. The molecule has 0 bridgehead atoms. The Morgan fingerprint density at radius 3 is 2.53 bits per heavy atom. The zero-order chi connectivity index (χ0) is 21.6. The maximum absolute atomic E-state index is 11.7. The molecule has 2 heterocycles. The summed E-state index contributed by atoms with van der Waals surface area (Å²) in [5, 5.41) is 19.4. The highest BCUT2D eigenvalue weighted by Crippen LogP contribution is 2.40. The highest BCUT2D eigenvalue weighted by atomic mass is 35.5. The Morgan fingerprint density at radius 2 is 1.90 bits per heavy atom. The molecule has 2 aromatic heterocycles. The number of amides is 1. The number of hydrogen-bond donors (Lipinski definition) is 3.